The third-order valence-electron chi connectivity index (χ3n) is 2.81. The number of nitrogens with zero attached hydrogens (tertiary/aromatic N) is 2. The van der Waals surface area contributed by atoms with E-state index in [1.54, 1.807) is 0 Å². The van der Waals surface area contributed by atoms with Gasteiger partial charge in [-0.2, -0.15) is 0 Å². The minimum Gasteiger partial charge on any atom is -0.477 e. The molecular weight excluding hydrogens is 508 g/mol. The number of esters is 2. The molecule has 2 N–H and O–H groups in total. The molecule has 2 heterocycles. The summed E-state index contributed by atoms with van der Waals surface area (Å²) in [6, 6.07) is 5.38. The average molecular weight is 520 g/mol. The fraction of sp³-hybridized carbons (Fsp3) is 0.125. The van der Waals surface area contributed by atoms with Crippen LogP contribution in [-0.4, -0.2) is 58.3 Å². The van der Waals surface area contributed by atoms with Gasteiger partial charge in [-0.05, 0) is 24.3 Å². The number of carbonyl (C=O) groups is 4. The van der Waals surface area contributed by atoms with Crippen LogP contribution in [0.2, 0.25) is 0 Å². The van der Waals surface area contributed by atoms with Crippen molar-refractivity contribution in [3.63, 3.8) is 0 Å². The molecule has 0 atom stereocenters. The Morgan fingerprint density at radius 3 is 1.29 bits per heavy atom. The maximum Gasteiger partial charge on any atom is 0.356 e. The van der Waals surface area contributed by atoms with E-state index in [0.717, 1.165) is 0 Å². The molecule has 2 rings (SSSR count). The highest BCUT2D eigenvalue weighted by atomic mass is 79.9. The Balaban J connectivity index is 0.000000283. The Morgan fingerprint density at radius 2 is 1.00 bits per heavy atom. The lowest BCUT2D eigenvalue weighted by Gasteiger charge is -2.02. The molecule has 0 aromatic carbocycles. The molecule has 148 valence electrons. The number of ether oxygens (including phenoxy) is 2. The summed E-state index contributed by atoms with van der Waals surface area (Å²) in [5.74, 6) is -3.74. The number of hydrogen-bond acceptors (Lipinski definition) is 8. The van der Waals surface area contributed by atoms with Crippen LogP contribution >= 0.6 is 31.9 Å². The van der Waals surface area contributed by atoms with E-state index < -0.39 is 23.9 Å². The first-order valence-corrected chi connectivity index (χ1v) is 8.66. The molecule has 0 spiro atoms. The number of hydrogen-bond donors (Lipinski definition) is 2. The van der Waals surface area contributed by atoms with Gasteiger partial charge in [-0.1, -0.05) is 31.9 Å². The lowest BCUT2D eigenvalue weighted by molar-refractivity contribution is 0.0582. The van der Waals surface area contributed by atoms with E-state index in [2.05, 4.69) is 51.3 Å². The lowest BCUT2D eigenvalue weighted by Crippen LogP contribution is -2.10. The molecule has 0 fully saturated rings. The van der Waals surface area contributed by atoms with E-state index in [0.29, 0.717) is 8.95 Å². The van der Waals surface area contributed by atoms with E-state index in [1.807, 2.05) is 0 Å². The Kier molecular flexibility index (Phi) is 8.67. The van der Waals surface area contributed by atoms with Gasteiger partial charge in [0.2, 0.25) is 0 Å². The first kappa shape index (κ1) is 23.2. The van der Waals surface area contributed by atoms with Gasteiger partial charge in [-0.25, -0.2) is 29.1 Å². The predicted octanol–water partition coefficient (Wildman–Crippen LogP) is 2.66. The molecule has 0 amide bonds. The Labute approximate surface area is 174 Å². The van der Waals surface area contributed by atoms with Crippen LogP contribution in [0.15, 0.2) is 33.2 Å². The van der Waals surface area contributed by atoms with Crippen LogP contribution in [0.5, 0.6) is 0 Å². The summed E-state index contributed by atoms with van der Waals surface area (Å²) in [4.78, 5) is 50.4. The topological polar surface area (TPSA) is 153 Å². The second-order valence-corrected chi connectivity index (χ2v) is 6.54. The number of pyridine rings is 2. The van der Waals surface area contributed by atoms with Crippen molar-refractivity contribution < 1.29 is 38.9 Å². The normalized spacial score (nSPS) is 9.57. The fourth-order valence-electron chi connectivity index (χ4n) is 1.63. The Bertz CT molecular complexity index is 866. The molecule has 12 heteroatoms. The van der Waals surface area contributed by atoms with E-state index >= 15 is 0 Å². The van der Waals surface area contributed by atoms with Gasteiger partial charge in [-0.15, -0.1) is 0 Å². The zero-order valence-corrected chi connectivity index (χ0v) is 17.5. The van der Waals surface area contributed by atoms with Crippen LogP contribution in [0.3, 0.4) is 0 Å². The summed E-state index contributed by atoms with van der Waals surface area (Å²) in [7, 11) is 2.48. The SMILES string of the molecule is COC(=O)c1cc(Br)cc(C(=O)OC)n1.O=C(O)c1cc(Br)cc(C(=O)O)n1. The van der Waals surface area contributed by atoms with Crippen molar-refractivity contribution in [3.05, 3.63) is 56.0 Å². The van der Waals surface area contributed by atoms with Gasteiger partial charge in [0.1, 0.15) is 22.8 Å². The number of rotatable bonds is 4. The number of carboxylic acids is 2. The van der Waals surface area contributed by atoms with Crippen LogP contribution in [0.25, 0.3) is 0 Å². The van der Waals surface area contributed by atoms with Crippen LogP contribution in [-0.2, 0) is 9.47 Å². The van der Waals surface area contributed by atoms with Crippen molar-refractivity contribution in [2.75, 3.05) is 14.2 Å². The van der Waals surface area contributed by atoms with Crippen molar-refractivity contribution in [1.82, 2.24) is 9.97 Å². The van der Waals surface area contributed by atoms with Crippen LogP contribution in [0.1, 0.15) is 42.0 Å². The zero-order chi connectivity index (χ0) is 21.4. The average Bonchev–Trinajstić information content (AvgIpc) is 2.66. The molecule has 0 aliphatic heterocycles. The number of aromatic nitrogens is 2. The smallest absolute Gasteiger partial charge is 0.356 e. The van der Waals surface area contributed by atoms with Crippen LogP contribution in [0, 0.1) is 0 Å². The number of carboxylic acid groups (broad SMARTS) is 2. The maximum atomic E-state index is 11.2. The predicted molar refractivity (Wildman–Crippen MR) is 100 cm³/mol. The van der Waals surface area contributed by atoms with Crippen LogP contribution in [0.4, 0.5) is 0 Å². The maximum absolute atomic E-state index is 11.2. The molecule has 0 aliphatic carbocycles. The van der Waals surface area contributed by atoms with E-state index in [1.165, 1.54) is 38.5 Å². The second-order valence-electron chi connectivity index (χ2n) is 4.71. The van der Waals surface area contributed by atoms with Gasteiger partial charge in [0.05, 0.1) is 14.2 Å². The summed E-state index contributed by atoms with van der Waals surface area (Å²) < 4.78 is 9.90. The van der Waals surface area contributed by atoms with Gasteiger partial charge in [-0.3, -0.25) is 0 Å². The molecule has 0 aliphatic rings. The first-order valence-electron chi connectivity index (χ1n) is 7.07. The monoisotopic (exact) mass is 518 g/mol. The Morgan fingerprint density at radius 1 is 0.714 bits per heavy atom. The number of aromatic carboxylic acids is 2. The minimum absolute atomic E-state index is 0.0484. The second kappa shape index (κ2) is 10.5. The van der Waals surface area contributed by atoms with Gasteiger partial charge in [0.25, 0.3) is 0 Å². The fourth-order valence-corrected chi connectivity index (χ4v) is 2.50. The Hall–Kier alpha value is -2.86. The highest BCUT2D eigenvalue weighted by molar-refractivity contribution is 9.10. The van der Waals surface area contributed by atoms with E-state index in [-0.39, 0.29) is 22.8 Å². The molecule has 0 saturated carbocycles. The van der Waals surface area contributed by atoms with Gasteiger partial charge in [0, 0.05) is 8.95 Å². The summed E-state index contributed by atoms with van der Waals surface area (Å²) >= 11 is 6.14. The van der Waals surface area contributed by atoms with Crippen LogP contribution < -0.4 is 0 Å². The summed E-state index contributed by atoms with van der Waals surface area (Å²) in [6.45, 7) is 0. The van der Waals surface area contributed by atoms with Crippen molar-refractivity contribution in [1.29, 1.82) is 0 Å². The van der Waals surface area contributed by atoms with E-state index in [9.17, 15) is 19.2 Å². The minimum atomic E-state index is -1.26. The number of carbonyl (C=O) groups excluding carboxylic acids is 2. The molecule has 0 saturated heterocycles. The van der Waals surface area contributed by atoms with Crippen molar-refractivity contribution in [2.45, 2.75) is 0 Å². The molecule has 0 bridgehead atoms. The molecule has 28 heavy (non-hydrogen) atoms. The third kappa shape index (κ3) is 6.70. The van der Waals surface area contributed by atoms with Gasteiger partial charge >= 0.3 is 23.9 Å². The first-order chi connectivity index (χ1) is 13.1. The molecule has 0 radical (unpaired) electrons. The lowest BCUT2D eigenvalue weighted by atomic mass is 10.3. The summed E-state index contributed by atoms with van der Waals surface area (Å²) in [5.41, 5.74) is -0.502. The highest BCUT2D eigenvalue weighted by Gasteiger charge is 2.14. The quantitative estimate of drug-likeness (QED) is 0.576. The molecular formula is C16H12Br2N2O8. The van der Waals surface area contributed by atoms with Crippen molar-refractivity contribution >= 4 is 55.7 Å². The molecule has 0 unspecified atom stereocenters. The number of halogens is 2. The number of methoxy groups -OCH3 is 2. The van der Waals surface area contributed by atoms with Gasteiger partial charge in [0.15, 0.2) is 0 Å². The molecule has 2 aromatic rings. The van der Waals surface area contributed by atoms with Gasteiger partial charge < -0.3 is 19.7 Å². The molecule has 10 nitrogen and oxygen atoms in total. The van der Waals surface area contributed by atoms with Crippen molar-refractivity contribution in [3.8, 4) is 0 Å². The molecule has 2 aromatic heterocycles. The highest BCUT2D eigenvalue weighted by Crippen LogP contribution is 2.14. The third-order valence-corrected chi connectivity index (χ3v) is 3.72. The van der Waals surface area contributed by atoms with Crippen molar-refractivity contribution in [2.24, 2.45) is 0 Å². The standard InChI is InChI=1S/C9H8BrNO4.C7H4BrNO4/c1-14-8(12)6-3-5(10)4-7(11-6)9(13)15-2;8-3-1-4(6(10)11)9-5(2-3)7(12)13/h3-4H,1-2H3;1-2H,(H,10,11)(H,12,13). The largest absolute Gasteiger partial charge is 0.477 e. The summed E-state index contributed by atoms with van der Waals surface area (Å²) in [5, 5.41) is 17.1. The zero-order valence-electron chi connectivity index (χ0n) is 14.3. The summed E-state index contributed by atoms with van der Waals surface area (Å²) in [6.07, 6.45) is 0. The van der Waals surface area contributed by atoms with E-state index in [4.69, 9.17) is 10.2 Å².